The van der Waals surface area contributed by atoms with Gasteiger partial charge in [-0.25, -0.2) is 19.3 Å². The summed E-state index contributed by atoms with van der Waals surface area (Å²) < 4.78 is 60.3. The van der Waals surface area contributed by atoms with Gasteiger partial charge in [0.15, 0.2) is 17.7 Å². The molecule has 53 heavy (non-hydrogen) atoms. The van der Waals surface area contributed by atoms with Crippen LogP contribution in [0, 0.1) is 5.41 Å². The SMILES string of the molecule is C/C=C/C(=O)SCCNC(=O)CCNC(=O)[C@H](O)C(C)(C)COP(=O)([O-])OP(=O)([O-])OC[C@H]1O[C@@H](n2cnc3c(N)ncnc32)[C@H](O)[C@@H]1OP(=O)([O-])[O-]. The largest absolute Gasteiger partial charge is 0.790 e. The smallest absolute Gasteiger partial charge is 0.274 e. The number of carbonyl (C=O) groups excluding carboxylic acids is 3. The van der Waals surface area contributed by atoms with Gasteiger partial charge in [-0.15, -0.1) is 0 Å². The maximum Gasteiger partial charge on any atom is 0.274 e. The van der Waals surface area contributed by atoms with E-state index in [1.165, 1.54) is 19.9 Å². The highest BCUT2D eigenvalue weighted by atomic mass is 32.2. The minimum atomic E-state index is -5.91. The molecule has 1 aliphatic heterocycles. The van der Waals surface area contributed by atoms with Crippen molar-refractivity contribution >= 4 is 69.1 Å². The number of hydrogen-bond donors (Lipinski definition) is 5. The van der Waals surface area contributed by atoms with Crippen LogP contribution in [0.4, 0.5) is 5.82 Å². The highest BCUT2D eigenvalue weighted by molar-refractivity contribution is 8.14. The summed E-state index contributed by atoms with van der Waals surface area (Å²) in [5.41, 5.74) is 4.06. The van der Waals surface area contributed by atoms with Gasteiger partial charge in [-0.1, -0.05) is 31.7 Å². The summed E-state index contributed by atoms with van der Waals surface area (Å²) in [4.78, 5) is 95.1. The first-order valence-corrected chi connectivity index (χ1v) is 20.5. The summed E-state index contributed by atoms with van der Waals surface area (Å²) in [7, 11) is -17.6. The fourth-order valence-corrected chi connectivity index (χ4v) is 7.82. The molecule has 24 nitrogen and oxygen atoms in total. The number of nitrogen functional groups attached to an aromatic ring is 1. The number of nitrogens with zero attached hydrogens (tertiary/aromatic N) is 4. The molecule has 298 valence electrons. The number of phosphoric ester groups is 3. The molecule has 2 aromatic heterocycles. The molecule has 0 bridgehead atoms. The molecule has 0 aromatic carbocycles. The molecule has 6 N–H and O–H groups in total. The predicted octanol–water partition coefficient (Wildman–Crippen LogP) is -3.29. The topological polar surface area (TPSA) is 375 Å². The number of hydrogen-bond acceptors (Lipinski definition) is 22. The van der Waals surface area contributed by atoms with E-state index in [0.717, 1.165) is 29.0 Å². The van der Waals surface area contributed by atoms with E-state index in [-0.39, 0.29) is 41.6 Å². The van der Waals surface area contributed by atoms with Crippen molar-refractivity contribution in [3.05, 3.63) is 24.8 Å². The number of nitrogens with one attached hydrogen (secondary N) is 2. The Hall–Kier alpha value is -2.70. The summed E-state index contributed by atoms with van der Waals surface area (Å²) in [6, 6.07) is 0. The Kier molecular flexibility index (Phi) is 15.8. The zero-order chi connectivity index (χ0) is 39.8. The third-order valence-electron chi connectivity index (χ3n) is 7.02. The van der Waals surface area contributed by atoms with Crippen molar-refractivity contribution in [2.75, 3.05) is 37.8 Å². The summed E-state index contributed by atoms with van der Waals surface area (Å²) >= 11 is 0.996. The third kappa shape index (κ3) is 13.5. The molecule has 2 aromatic rings. The molecular weight excluding hydrogens is 795 g/mol. The van der Waals surface area contributed by atoms with E-state index in [9.17, 15) is 57.9 Å². The molecule has 1 saturated heterocycles. The molecule has 28 heteroatoms. The number of thioether (sulfide) groups is 1. The van der Waals surface area contributed by atoms with Crippen LogP contribution in [-0.4, -0.2) is 103 Å². The molecule has 2 amide bonds. The van der Waals surface area contributed by atoms with Crippen molar-refractivity contribution in [1.82, 2.24) is 30.2 Å². The Balaban J connectivity index is 1.52. The number of carbonyl (C=O) groups is 3. The van der Waals surface area contributed by atoms with Gasteiger partial charge in [0.25, 0.3) is 15.6 Å². The lowest BCUT2D eigenvalue weighted by Crippen LogP contribution is -2.46. The number of ether oxygens (including phenoxy) is 1. The van der Waals surface area contributed by atoms with Crippen LogP contribution in [0.1, 0.15) is 33.4 Å². The van der Waals surface area contributed by atoms with E-state index in [0.29, 0.717) is 5.75 Å². The van der Waals surface area contributed by atoms with Gasteiger partial charge in [0, 0.05) is 30.7 Å². The molecule has 7 atom stereocenters. The third-order valence-corrected chi connectivity index (χ3v) is 10.9. The van der Waals surface area contributed by atoms with Gasteiger partial charge in [-0.05, 0) is 13.0 Å². The van der Waals surface area contributed by atoms with E-state index < -0.39 is 84.6 Å². The Morgan fingerprint density at radius 1 is 1.11 bits per heavy atom. The van der Waals surface area contributed by atoms with E-state index in [2.05, 4.69) is 43.5 Å². The summed E-state index contributed by atoms with van der Waals surface area (Å²) in [5.74, 6) is -1.24. The van der Waals surface area contributed by atoms with Crippen molar-refractivity contribution in [1.29, 1.82) is 0 Å². The second kappa shape index (κ2) is 18.8. The summed E-state index contributed by atoms with van der Waals surface area (Å²) in [5, 5.41) is 25.9. The van der Waals surface area contributed by atoms with E-state index in [4.69, 9.17) is 10.5 Å². The Labute approximate surface area is 305 Å². The zero-order valence-electron chi connectivity index (χ0n) is 28.1. The van der Waals surface area contributed by atoms with Crippen LogP contribution in [0.25, 0.3) is 11.2 Å². The molecular formula is C25H36N7O17P3S-4. The standard InChI is InChI=1S/C25H40N7O17P3S/c1-4-5-16(34)53-9-8-27-15(33)6-7-28-23(37)20(36)25(2,3)11-46-52(43,44)49-51(41,42)45-10-14-19(48-50(38,39)40)18(35)24(47-14)32-13-31-17-21(26)29-12-30-22(17)32/h4-5,12-14,18-20,24,35-36H,6-11H2,1-3H3,(H,27,33)(H,28,37)(H,41,42)(H,43,44)(H2,26,29,30)(H2,38,39,40)/p-4/b5-4+/t14-,18-,19-,20+,24-/m1/s1. The maximum absolute atomic E-state index is 12.5. The number of allylic oxidation sites excluding steroid dienone is 1. The highest BCUT2D eigenvalue weighted by Gasteiger charge is 2.47. The minimum Gasteiger partial charge on any atom is -0.790 e. The molecule has 3 heterocycles. The average Bonchev–Trinajstić information content (AvgIpc) is 3.61. The molecule has 0 radical (unpaired) electrons. The van der Waals surface area contributed by atoms with Crippen LogP contribution in [-0.2, 0) is 50.7 Å². The highest BCUT2D eigenvalue weighted by Crippen LogP contribution is 2.56. The first-order chi connectivity index (χ1) is 24.6. The Morgan fingerprint density at radius 3 is 2.45 bits per heavy atom. The molecule has 1 aliphatic rings. The van der Waals surface area contributed by atoms with Crippen molar-refractivity contribution in [2.45, 2.75) is 57.8 Å². The lowest BCUT2D eigenvalue weighted by molar-refractivity contribution is -0.347. The van der Waals surface area contributed by atoms with Gasteiger partial charge in [-0.2, -0.15) is 0 Å². The van der Waals surface area contributed by atoms with E-state index in [1.54, 1.807) is 13.0 Å². The quantitative estimate of drug-likeness (QED) is 0.0496. The number of nitrogens with two attached hydrogens (primary N) is 1. The van der Waals surface area contributed by atoms with E-state index >= 15 is 0 Å². The predicted molar refractivity (Wildman–Crippen MR) is 173 cm³/mol. The van der Waals surface area contributed by atoms with Crippen LogP contribution in [0.15, 0.2) is 24.8 Å². The van der Waals surface area contributed by atoms with Crippen molar-refractivity contribution in [3.63, 3.8) is 0 Å². The number of fused-ring (bicyclic) bond motifs is 1. The van der Waals surface area contributed by atoms with Gasteiger partial charge >= 0.3 is 0 Å². The van der Waals surface area contributed by atoms with Crippen LogP contribution in [0.5, 0.6) is 0 Å². The minimum absolute atomic E-state index is 0.0218. The maximum atomic E-state index is 12.5. The molecule has 3 rings (SSSR count). The number of amides is 2. The van der Waals surface area contributed by atoms with Gasteiger partial charge in [0.2, 0.25) is 16.9 Å². The normalized spacial score (nSPS) is 22.4. The van der Waals surface area contributed by atoms with Crippen LogP contribution in [0.2, 0.25) is 0 Å². The van der Waals surface area contributed by atoms with Crippen molar-refractivity contribution in [2.24, 2.45) is 5.41 Å². The van der Waals surface area contributed by atoms with Crippen molar-refractivity contribution in [3.8, 4) is 0 Å². The number of aliphatic hydroxyl groups excluding tert-OH is 2. The number of rotatable bonds is 20. The Morgan fingerprint density at radius 2 is 1.79 bits per heavy atom. The number of anilines is 1. The Bertz CT molecular complexity index is 1790. The fourth-order valence-electron chi connectivity index (χ4n) is 4.44. The molecule has 0 saturated carbocycles. The molecule has 2 unspecified atom stereocenters. The first kappa shape index (κ1) is 44.7. The summed E-state index contributed by atoms with van der Waals surface area (Å²) in [6.45, 7) is 1.76. The van der Waals surface area contributed by atoms with Gasteiger partial charge in [-0.3, -0.25) is 28.1 Å². The second-order valence-corrected chi connectivity index (χ2v) is 16.8. The van der Waals surface area contributed by atoms with Crippen LogP contribution >= 0.6 is 35.2 Å². The van der Waals surface area contributed by atoms with Gasteiger partial charge in [0.1, 0.15) is 36.3 Å². The number of aromatic nitrogens is 4. The average molecular weight is 832 g/mol. The fraction of sp³-hybridized carbons (Fsp3) is 0.600. The monoisotopic (exact) mass is 831 g/mol. The number of aliphatic hydroxyl groups is 2. The van der Waals surface area contributed by atoms with Crippen LogP contribution in [0.3, 0.4) is 0 Å². The summed E-state index contributed by atoms with van der Waals surface area (Å²) in [6.07, 6.45) is -4.63. The number of phosphoric acid groups is 3. The molecule has 0 aliphatic carbocycles. The van der Waals surface area contributed by atoms with Gasteiger partial charge < -0.3 is 69.0 Å². The van der Waals surface area contributed by atoms with Crippen molar-refractivity contribution < 1.29 is 80.5 Å². The lowest BCUT2D eigenvalue weighted by atomic mass is 9.87. The van der Waals surface area contributed by atoms with Crippen LogP contribution < -0.4 is 35.9 Å². The zero-order valence-corrected chi connectivity index (χ0v) is 31.6. The van der Waals surface area contributed by atoms with E-state index in [1.807, 2.05) is 0 Å². The lowest BCUT2D eigenvalue weighted by Gasteiger charge is -2.36. The first-order valence-electron chi connectivity index (χ1n) is 15.2. The molecule has 0 spiro atoms. The van der Waals surface area contributed by atoms with Gasteiger partial charge in [0.05, 0.1) is 27.4 Å². The molecule has 1 fully saturated rings. The number of imidazole rings is 1. The second-order valence-electron chi connectivity index (χ2n) is 11.7.